The average Bonchev–Trinajstić information content (AvgIpc) is 3.22. The van der Waals surface area contributed by atoms with E-state index < -0.39 is 17.1 Å². The zero-order chi connectivity index (χ0) is 25.1. The fourth-order valence-corrected chi connectivity index (χ4v) is 4.58. The highest BCUT2D eigenvalue weighted by atomic mass is 32.2. The van der Waals surface area contributed by atoms with Crippen LogP contribution >= 0.6 is 23.3 Å². The minimum absolute atomic E-state index is 0.0180. The maximum Gasteiger partial charge on any atom is 0.461 e. The quantitative estimate of drug-likeness (QED) is 0.240. The number of fused-ring (bicyclic) bond motifs is 1. The maximum atomic E-state index is 12.9. The van der Waals surface area contributed by atoms with E-state index in [0.717, 1.165) is 48.4 Å². The molecule has 1 unspecified atom stereocenters. The molecule has 1 aliphatic heterocycles. The Morgan fingerprint density at radius 1 is 1.26 bits per heavy atom. The van der Waals surface area contributed by atoms with Crippen LogP contribution in [0, 0.1) is 0 Å². The van der Waals surface area contributed by atoms with Crippen molar-refractivity contribution < 1.29 is 22.7 Å². The lowest BCUT2D eigenvalue weighted by molar-refractivity contribution is -0.0324. The number of rotatable bonds is 7. The minimum atomic E-state index is -4.47. The first kappa shape index (κ1) is 26.2. The van der Waals surface area contributed by atoms with Gasteiger partial charge >= 0.3 is 11.5 Å². The summed E-state index contributed by atoms with van der Waals surface area (Å²) in [6.45, 7) is 10.1. The van der Waals surface area contributed by atoms with Crippen LogP contribution < -0.4 is 9.62 Å². The van der Waals surface area contributed by atoms with Crippen LogP contribution in [-0.4, -0.2) is 39.9 Å². The van der Waals surface area contributed by atoms with Gasteiger partial charge in [-0.25, -0.2) is 4.79 Å². The third-order valence-electron chi connectivity index (χ3n) is 5.01. The van der Waals surface area contributed by atoms with Gasteiger partial charge in [-0.15, -0.1) is 20.4 Å². The van der Waals surface area contributed by atoms with Gasteiger partial charge in [-0.3, -0.25) is 0 Å². The van der Waals surface area contributed by atoms with E-state index in [1.54, 1.807) is 32.9 Å². The van der Waals surface area contributed by atoms with Gasteiger partial charge in [0.15, 0.2) is 0 Å². The van der Waals surface area contributed by atoms with Crippen LogP contribution in [0.15, 0.2) is 22.4 Å². The number of halogens is 3. The molecule has 1 aromatic carbocycles. The second-order valence-corrected chi connectivity index (χ2v) is 10.5. The normalized spacial score (nSPS) is 16.6. The molecule has 0 amide bonds. The largest absolute Gasteiger partial charge is 0.461 e. The summed E-state index contributed by atoms with van der Waals surface area (Å²) in [5.41, 5.74) is -2.83. The molecular formula is C21H27F3N6O2S2. The Labute approximate surface area is 204 Å². The molecule has 3 rings (SSSR count). The number of benzene rings is 1. The van der Waals surface area contributed by atoms with Crippen molar-refractivity contribution in [2.45, 2.75) is 71.0 Å². The van der Waals surface area contributed by atoms with Gasteiger partial charge in [-0.2, -0.15) is 13.2 Å². The zero-order valence-corrected chi connectivity index (χ0v) is 21.2. The zero-order valence-electron chi connectivity index (χ0n) is 19.6. The number of nitrogens with one attached hydrogen (secondary N) is 1. The summed E-state index contributed by atoms with van der Waals surface area (Å²) in [4.78, 5) is 14.4. The van der Waals surface area contributed by atoms with Gasteiger partial charge in [-0.1, -0.05) is 18.3 Å². The summed E-state index contributed by atoms with van der Waals surface area (Å²) in [5.74, 6) is -0.630. The van der Waals surface area contributed by atoms with Crippen molar-refractivity contribution in [2.24, 2.45) is 10.2 Å². The number of anilines is 2. The fourth-order valence-electron chi connectivity index (χ4n) is 3.65. The summed E-state index contributed by atoms with van der Waals surface area (Å²) < 4.78 is 46.3. The third kappa shape index (κ3) is 6.81. The number of hydrogen-bond donors (Lipinski definition) is 1. The van der Waals surface area contributed by atoms with Gasteiger partial charge in [-0.05, 0) is 64.7 Å². The molecule has 1 atom stereocenters. The van der Waals surface area contributed by atoms with E-state index in [2.05, 4.69) is 37.0 Å². The number of aryl methyl sites for hydroxylation is 1. The van der Waals surface area contributed by atoms with E-state index in [4.69, 9.17) is 4.74 Å². The lowest BCUT2D eigenvalue weighted by atomic mass is 9.93. The van der Waals surface area contributed by atoms with E-state index in [9.17, 15) is 18.0 Å². The molecule has 186 valence electrons. The standard InChI is InChI=1S/C21H27F3N6O2S2/c1-6-13-9-8-12-10-14(15(29-34-21(22,23)24)11-16(12)30(13)7-2)25-27-19-28-26-17(33-19)18(31)32-20(3,4)5/h10-11,13,29H,6-9H2,1-5H3. The smallest absolute Gasteiger partial charge is 0.455 e. The maximum absolute atomic E-state index is 12.9. The third-order valence-corrected chi connectivity index (χ3v) is 6.35. The topological polar surface area (TPSA) is 92.1 Å². The Hall–Kier alpha value is -2.41. The second kappa shape index (κ2) is 10.5. The van der Waals surface area contributed by atoms with Gasteiger partial charge in [0.25, 0.3) is 5.13 Å². The first-order valence-corrected chi connectivity index (χ1v) is 12.5. The summed E-state index contributed by atoms with van der Waals surface area (Å²) >= 11 is 0.534. The predicted octanol–water partition coefficient (Wildman–Crippen LogP) is 7.04. The van der Waals surface area contributed by atoms with E-state index in [1.807, 2.05) is 6.92 Å². The number of carbonyl (C=O) groups is 1. The van der Waals surface area contributed by atoms with Gasteiger partial charge in [0, 0.05) is 18.3 Å². The van der Waals surface area contributed by atoms with Gasteiger partial charge in [0.05, 0.1) is 17.6 Å². The van der Waals surface area contributed by atoms with Crippen molar-refractivity contribution in [2.75, 3.05) is 16.2 Å². The molecule has 0 saturated carbocycles. The lowest BCUT2D eigenvalue weighted by Gasteiger charge is -2.38. The Morgan fingerprint density at radius 3 is 2.62 bits per heavy atom. The number of azo groups is 1. The molecule has 0 bridgehead atoms. The molecule has 1 aromatic heterocycles. The lowest BCUT2D eigenvalue weighted by Crippen LogP contribution is -2.38. The van der Waals surface area contributed by atoms with Crippen LogP contribution in [0.1, 0.15) is 62.8 Å². The van der Waals surface area contributed by atoms with E-state index >= 15 is 0 Å². The van der Waals surface area contributed by atoms with Gasteiger partial charge in [0.2, 0.25) is 5.01 Å². The molecule has 1 N–H and O–H groups in total. The number of ether oxygens (including phenoxy) is 1. The number of aromatic nitrogens is 2. The van der Waals surface area contributed by atoms with E-state index in [-0.39, 0.29) is 33.5 Å². The Morgan fingerprint density at radius 2 is 2.00 bits per heavy atom. The Balaban J connectivity index is 1.91. The Bertz CT molecular complexity index is 1050. The van der Waals surface area contributed by atoms with Gasteiger partial charge in [0.1, 0.15) is 11.3 Å². The molecule has 0 fully saturated rings. The molecule has 0 radical (unpaired) electrons. The fraction of sp³-hybridized carbons (Fsp3) is 0.571. The van der Waals surface area contributed by atoms with Crippen molar-refractivity contribution in [3.63, 3.8) is 0 Å². The highest BCUT2D eigenvalue weighted by Gasteiger charge is 2.31. The first-order chi connectivity index (χ1) is 15.9. The number of alkyl halides is 3. The summed E-state index contributed by atoms with van der Waals surface area (Å²) in [7, 11) is 0. The molecule has 8 nitrogen and oxygen atoms in total. The molecule has 1 aliphatic rings. The first-order valence-electron chi connectivity index (χ1n) is 10.8. The number of nitrogens with zero attached hydrogens (tertiary/aromatic N) is 5. The molecule has 2 heterocycles. The van der Waals surface area contributed by atoms with Crippen molar-refractivity contribution in [1.29, 1.82) is 0 Å². The average molecular weight is 517 g/mol. The molecular weight excluding hydrogens is 489 g/mol. The van der Waals surface area contributed by atoms with E-state index in [0.29, 0.717) is 6.04 Å². The molecule has 0 saturated heterocycles. The van der Waals surface area contributed by atoms with Crippen LogP contribution in [-0.2, 0) is 11.2 Å². The molecule has 0 aliphatic carbocycles. The van der Waals surface area contributed by atoms with Crippen LogP contribution in [0.3, 0.4) is 0 Å². The van der Waals surface area contributed by atoms with Crippen LogP contribution in [0.4, 0.5) is 35.4 Å². The Kier molecular flexibility index (Phi) is 8.06. The molecule has 13 heteroatoms. The highest BCUT2D eigenvalue weighted by Crippen LogP contribution is 2.42. The molecule has 0 spiro atoms. The monoisotopic (exact) mass is 516 g/mol. The second-order valence-electron chi connectivity index (χ2n) is 8.63. The summed E-state index contributed by atoms with van der Waals surface area (Å²) in [6, 6.07) is 3.78. The van der Waals surface area contributed by atoms with Crippen molar-refractivity contribution in [3.8, 4) is 0 Å². The number of esters is 1. The van der Waals surface area contributed by atoms with Gasteiger partial charge < -0.3 is 14.4 Å². The van der Waals surface area contributed by atoms with Crippen molar-refractivity contribution >= 4 is 51.4 Å². The van der Waals surface area contributed by atoms with Crippen LogP contribution in [0.2, 0.25) is 0 Å². The molecule has 34 heavy (non-hydrogen) atoms. The van der Waals surface area contributed by atoms with E-state index in [1.165, 1.54) is 0 Å². The minimum Gasteiger partial charge on any atom is -0.455 e. The van der Waals surface area contributed by atoms with Crippen LogP contribution in [0.5, 0.6) is 0 Å². The highest BCUT2D eigenvalue weighted by molar-refractivity contribution is 8.01. The molecule has 2 aromatic rings. The van der Waals surface area contributed by atoms with Crippen LogP contribution in [0.25, 0.3) is 0 Å². The SMILES string of the molecule is CCC1CCc2cc(N=Nc3nnc(C(=O)OC(C)(C)C)s3)c(NSC(F)(F)F)cc2N1CC. The van der Waals surface area contributed by atoms with Crippen molar-refractivity contribution in [1.82, 2.24) is 10.2 Å². The van der Waals surface area contributed by atoms with Crippen molar-refractivity contribution in [3.05, 3.63) is 22.7 Å². The number of hydrogen-bond acceptors (Lipinski definition) is 10. The predicted molar refractivity (Wildman–Crippen MR) is 128 cm³/mol. The number of carbonyl (C=O) groups excluding carboxylic acids is 1. The summed E-state index contributed by atoms with van der Waals surface area (Å²) in [5, 5.41) is 15.9. The summed E-state index contributed by atoms with van der Waals surface area (Å²) in [6.07, 6.45) is 2.70.